The van der Waals surface area contributed by atoms with E-state index in [1.54, 1.807) is 0 Å². The molecule has 3 rings (SSSR count). The molecule has 0 saturated carbocycles. The van der Waals surface area contributed by atoms with E-state index in [0.29, 0.717) is 0 Å². The van der Waals surface area contributed by atoms with Crippen LogP contribution in [0.15, 0.2) is 40.9 Å². The lowest BCUT2D eigenvalue weighted by Gasteiger charge is -2.40. The first-order valence-corrected chi connectivity index (χ1v) is 6.17. The monoisotopic (exact) mass is 312 g/mol. The molecule has 2 nitrogen and oxygen atoms in total. The second-order valence-electron chi connectivity index (χ2n) is 4.40. The lowest BCUT2D eigenvalue weighted by atomic mass is 9.82. The number of fused-ring (bicyclic) bond motifs is 1. The van der Waals surface area contributed by atoms with Crippen molar-refractivity contribution in [3.05, 3.63) is 46.4 Å². The molecule has 1 fully saturated rings. The van der Waals surface area contributed by atoms with Crippen molar-refractivity contribution in [2.75, 3.05) is 13.1 Å². The molecule has 0 atom stereocenters. The first-order chi connectivity index (χ1) is 7.71. The quantitative estimate of drug-likeness (QED) is 0.849. The fourth-order valence-electron chi connectivity index (χ4n) is 2.28. The van der Waals surface area contributed by atoms with Gasteiger partial charge in [0.25, 0.3) is 0 Å². The molecule has 17 heavy (non-hydrogen) atoms. The summed E-state index contributed by atoms with van der Waals surface area (Å²) in [4.78, 5) is 0. The van der Waals surface area contributed by atoms with Crippen LogP contribution in [0, 0.1) is 0 Å². The van der Waals surface area contributed by atoms with E-state index in [2.05, 4.69) is 57.6 Å². The zero-order valence-electron chi connectivity index (χ0n) is 9.24. The highest BCUT2D eigenvalue weighted by atomic mass is 79.9. The summed E-state index contributed by atoms with van der Waals surface area (Å²) in [5, 5.41) is 5.73. The Bertz CT molecular complexity index is 552. The summed E-state index contributed by atoms with van der Waals surface area (Å²) in [7, 11) is 0. The number of nitrogens with one attached hydrogen (secondary N) is 1. The highest BCUT2D eigenvalue weighted by Crippen LogP contribution is 2.33. The van der Waals surface area contributed by atoms with Crippen LogP contribution >= 0.6 is 28.3 Å². The van der Waals surface area contributed by atoms with E-state index in [0.717, 1.165) is 17.6 Å². The van der Waals surface area contributed by atoms with Gasteiger partial charge in [-0.2, -0.15) is 0 Å². The van der Waals surface area contributed by atoms with Crippen molar-refractivity contribution in [2.24, 2.45) is 5.73 Å². The second-order valence-corrected chi connectivity index (χ2v) is 5.25. The molecule has 4 heteroatoms. The summed E-state index contributed by atoms with van der Waals surface area (Å²) in [6.07, 6.45) is 0. The fourth-order valence-corrected chi connectivity index (χ4v) is 2.76. The summed E-state index contributed by atoms with van der Waals surface area (Å²) < 4.78 is 1.13. The van der Waals surface area contributed by atoms with Crippen LogP contribution in [0.25, 0.3) is 10.8 Å². The van der Waals surface area contributed by atoms with Crippen molar-refractivity contribution in [3.8, 4) is 0 Å². The van der Waals surface area contributed by atoms with Gasteiger partial charge in [0.1, 0.15) is 0 Å². The maximum absolute atomic E-state index is 6.36. The highest BCUT2D eigenvalue weighted by Gasteiger charge is 2.35. The van der Waals surface area contributed by atoms with Gasteiger partial charge in [-0.15, -0.1) is 12.4 Å². The predicted molar refractivity (Wildman–Crippen MR) is 77.6 cm³/mol. The minimum atomic E-state index is -0.194. The van der Waals surface area contributed by atoms with Gasteiger partial charge in [0.05, 0.1) is 5.54 Å². The molecule has 1 aliphatic heterocycles. The van der Waals surface area contributed by atoms with Crippen LogP contribution < -0.4 is 11.1 Å². The van der Waals surface area contributed by atoms with Gasteiger partial charge in [0.2, 0.25) is 0 Å². The molecule has 0 aromatic heterocycles. The summed E-state index contributed by atoms with van der Waals surface area (Å²) in [6.45, 7) is 1.72. The van der Waals surface area contributed by atoms with Crippen LogP contribution in [0.4, 0.5) is 0 Å². The smallest absolute Gasteiger partial charge is 0.0668 e. The van der Waals surface area contributed by atoms with E-state index in [-0.39, 0.29) is 17.9 Å². The van der Waals surface area contributed by atoms with Gasteiger partial charge in [0, 0.05) is 17.6 Å². The highest BCUT2D eigenvalue weighted by molar-refractivity contribution is 9.10. The zero-order chi connectivity index (χ0) is 11.2. The Morgan fingerprint density at radius 2 is 1.71 bits per heavy atom. The minimum Gasteiger partial charge on any atom is -0.319 e. The van der Waals surface area contributed by atoms with Gasteiger partial charge in [-0.1, -0.05) is 46.3 Å². The Balaban J connectivity index is 0.00000108. The van der Waals surface area contributed by atoms with Crippen LogP contribution in [0.3, 0.4) is 0 Å². The molecule has 1 saturated heterocycles. The van der Waals surface area contributed by atoms with Crippen LogP contribution in [0.2, 0.25) is 0 Å². The molecule has 1 aliphatic rings. The molecular formula is C13H14BrClN2. The van der Waals surface area contributed by atoms with Crippen LogP contribution in [0.5, 0.6) is 0 Å². The molecule has 0 bridgehead atoms. The lowest BCUT2D eigenvalue weighted by Crippen LogP contribution is -2.62. The van der Waals surface area contributed by atoms with Gasteiger partial charge >= 0.3 is 0 Å². The van der Waals surface area contributed by atoms with Crippen molar-refractivity contribution < 1.29 is 0 Å². The summed E-state index contributed by atoms with van der Waals surface area (Å²) in [5.41, 5.74) is 7.41. The third-order valence-electron chi connectivity index (χ3n) is 3.29. The van der Waals surface area contributed by atoms with Crippen molar-refractivity contribution in [3.63, 3.8) is 0 Å². The summed E-state index contributed by atoms with van der Waals surface area (Å²) in [6, 6.07) is 12.6. The average molecular weight is 314 g/mol. The predicted octanol–water partition coefficient (Wildman–Crippen LogP) is 2.78. The Labute approximate surface area is 115 Å². The fraction of sp³-hybridized carbons (Fsp3) is 0.231. The van der Waals surface area contributed by atoms with Crippen LogP contribution in [-0.4, -0.2) is 13.1 Å². The summed E-state index contributed by atoms with van der Waals surface area (Å²) >= 11 is 3.58. The number of rotatable bonds is 1. The van der Waals surface area contributed by atoms with E-state index < -0.39 is 0 Å². The molecule has 2 aromatic carbocycles. The third-order valence-corrected chi connectivity index (χ3v) is 3.98. The van der Waals surface area contributed by atoms with Crippen molar-refractivity contribution in [1.29, 1.82) is 0 Å². The van der Waals surface area contributed by atoms with Crippen molar-refractivity contribution in [1.82, 2.24) is 5.32 Å². The molecule has 0 aliphatic carbocycles. The Morgan fingerprint density at radius 3 is 2.29 bits per heavy atom. The van der Waals surface area contributed by atoms with Gasteiger partial charge in [-0.05, 0) is 22.4 Å². The second kappa shape index (κ2) is 4.58. The Kier molecular flexibility index (Phi) is 3.46. The van der Waals surface area contributed by atoms with Crippen molar-refractivity contribution >= 4 is 39.1 Å². The molecule has 0 spiro atoms. The Morgan fingerprint density at radius 1 is 1.06 bits per heavy atom. The normalized spacial score (nSPS) is 17.3. The van der Waals surface area contributed by atoms with E-state index in [4.69, 9.17) is 5.73 Å². The molecule has 0 amide bonds. The SMILES string of the molecule is Cl.NC1(c2ccc(Br)c3ccccc23)CNC1. The topological polar surface area (TPSA) is 38.0 Å². The van der Waals surface area contributed by atoms with Gasteiger partial charge in [-0.25, -0.2) is 0 Å². The van der Waals surface area contributed by atoms with Crippen LogP contribution in [-0.2, 0) is 5.54 Å². The first kappa shape index (κ1) is 12.8. The first-order valence-electron chi connectivity index (χ1n) is 5.38. The minimum absolute atomic E-state index is 0. The molecular weight excluding hydrogens is 300 g/mol. The number of halogens is 2. The van der Waals surface area contributed by atoms with E-state index >= 15 is 0 Å². The molecule has 3 N–H and O–H groups in total. The van der Waals surface area contributed by atoms with Gasteiger partial charge < -0.3 is 11.1 Å². The molecule has 0 unspecified atom stereocenters. The zero-order valence-corrected chi connectivity index (χ0v) is 11.6. The largest absolute Gasteiger partial charge is 0.319 e. The summed E-state index contributed by atoms with van der Waals surface area (Å²) in [5.74, 6) is 0. The number of benzene rings is 2. The maximum atomic E-state index is 6.36. The number of nitrogens with two attached hydrogens (primary N) is 1. The standard InChI is InChI=1S/C13H13BrN2.ClH/c14-12-6-5-11(13(15)7-16-8-13)9-3-1-2-4-10(9)12;/h1-6,16H,7-8,15H2;1H. The third kappa shape index (κ3) is 1.97. The molecule has 2 aromatic rings. The Hall–Kier alpha value is -0.610. The lowest BCUT2D eigenvalue weighted by molar-refractivity contribution is 0.289. The molecule has 1 heterocycles. The molecule has 0 radical (unpaired) electrons. The number of hydrogen-bond donors (Lipinski definition) is 2. The van der Waals surface area contributed by atoms with E-state index in [1.807, 2.05) is 0 Å². The average Bonchev–Trinajstić information content (AvgIpc) is 2.27. The van der Waals surface area contributed by atoms with Gasteiger partial charge in [-0.3, -0.25) is 0 Å². The maximum Gasteiger partial charge on any atom is 0.0668 e. The van der Waals surface area contributed by atoms with E-state index in [9.17, 15) is 0 Å². The van der Waals surface area contributed by atoms with Crippen molar-refractivity contribution in [2.45, 2.75) is 5.54 Å². The van der Waals surface area contributed by atoms with Gasteiger partial charge in [0.15, 0.2) is 0 Å². The van der Waals surface area contributed by atoms with Crippen LogP contribution in [0.1, 0.15) is 5.56 Å². The molecule has 90 valence electrons. The number of hydrogen-bond acceptors (Lipinski definition) is 2. The van der Waals surface area contributed by atoms with E-state index in [1.165, 1.54) is 16.3 Å².